The average molecular weight is 295 g/mol. The lowest BCUT2D eigenvalue weighted by Crippen LogP contribution is -2.34. The molecule has 118 valence electrons. The van der Waals surface area contributed by atoms with Gasteiger partial charge in [0.05, 0.1) is 19.0 Å². The third kappa shape index (κ3) is 7.01. The minimum atomic E-state index is -0.204. The van der Waals surface area contributed by atoms with Crippen molar-refractivity contribution in [3.05, 3.63) is 18.1 Å². The van der Waals surface area contributed by atoms with Crippen LogP contribution in [0.1, 0.15) is 23.8 Å². The molecular weight excluding hydrogens is 270 g/mol. The predicted octanol–water partition coefficient (Wildman–Crippen LogP) is 0.607. The van der Waals surface area contributed by atoms with Gasteiger partial charge in [-0.1, -0.05) is 6.92 Å². The lowest BCUT2D eigenvalue weighted by molar-refractivity contribution is 0.0942. The summed E-state index contributed by atoms with van der Waals surface area (Å²) in [6.07, 6.45) is 4.08. The highest BCUT2D eigenvalue weighted by Crippen LogP contribution is 2.01. The van der Waals surface area contributed by atoms with Crippen molar-refractivity contribution < 1.29 is 9.53 Å². The Hall–Kier alpha value is -1.73. The molecule has 7 heteroatoms. The van der Waals surface area contributed by atoms with E-state index < -0.39 is 0 Å². The van der Waals surface area contributed by atoms with Crippen molar-refractivity contribution in [3.8, 4) is 0 Å². The number of carbonyl (C=O) groups is 1. The summed E-state index contributed by atoms with van der Waals surface area (Å²) in [5, 5.41) is 5.94. The first-order valence-electron chi connectivity index (χ1n) is 7.19. The first kappa shape index (κ1) is 17.3. The molecule has 0 fully saturated rings. The topological polar surface area (TPSA) is 79.4 Å². The maximum absolute atomic E-state index is 11.9. The van der Waals surface area contributed by atoms with Crippen LogP contribution >= 0.6 is 0 Å². The Bertz CT molecular complexity index is 410. The highest BCUT2D eigenvalue weighted by Gasteiger charge is 2.07. The lowest BCUT2D eigenvalue weighted by atomic mass is 10.4. The van der Waals surface area contributed by atoms with Crippen LogP contribution in [0.15, 0.2) is 12.4 Å². The maximum Gasteiger partial charge on any atom is 0.271 e. The second kappa shape index (κ2) is 10.1. The summed E-state index contributed by atoms with van der Waals surface area (Å²) in [5.74, 6) is 0.484. The van der Waals surface area contributed by atoms with Crippen molar-refractivity contribution in [2.45, 2.75) is 13.3 Å². The van der Waals surface area contributed by atoms with Gasteiger partial charge in [-0.3, -0.25) is 4.79 Å². The smallest absolute Gasteiger partial charge is 0.271 e. The number of hydrogen-bond donors (Lipinski definition) is 2. The van der Waals surface area contributed by atoms with Crippen LogP contribution in [0.2, 0.25) is 0 Å². The second-order valence-electron chi connectivity index (χ2n) is 4.77. The van der Waals surface area contributed by atoms with E-state index >= 15 is 0 Å². The Labute approximate surface area is 126 Å². The number of ether oxygens (including phenoxy) is 1. The van der Waals surface area contributed by atoms with Crippen LogP contribution in [0, 0.1) is 0 Å². The van der Waals surface area contributed by atoms with Crippen LogP contribution in [-0.4, -0.2) is 67.7 Å². The van der Waals surface area contributed by atoms with E-state index in [1.807, 2.05) is 7.05 Å². The third-order valence-corrected chi connectivity index (χ3v) is 2.90. The van der Waals surface area contributed by atoms with Gasteiger partial charge in [0.25, 0.3) is 5.91 Å². The van der Waals surface area contributed by atoms with E-state index in [9.17, 15) is 4.79 Å². The van der Waals surface area contributed by atoms with Crippen molar-refractivity contribution in [2.75, 3.05) is 52.3 Å². The summed E-state index contributed by atoms with van der Waals surface area (Å²) in [7, 11) is 3.66. The molecule has 1 rings (SSSR count). The zero-order chi connectivity index (χ0) is 15.5. The zero-order valence-electron chi connectivity index (χ0n) is 13.1. The Morgan fingerprint density at radius 3 is 2.71 bits per heavy atom. The number of hydrogen-bond acceptors (Lipinski definition) is 6. The average Bonchev–Trinajstić information content (AvgIpc) is 2.51. The largest absolute Gasteiger partial charge is 0.383 e. The molecule has 1 aromatic rings. The second-order valence-corrected chi connectivity index (χ2v) is 4.77. The van der Waals surface area contributed by atoms with Crippen LogP contribution < -0.4 is 10.6 Å². The molecule has 0 radical (unpaired) electrons. The fourth-order valence-corrected chi connectivity index (χ4v) is 1.60. The minimum absolute atomic E-state index is 0.204. The molecule has 0 unspecified atom stereocenters. The van der Waals surface area contributed by atoms with Crippen LogP contribution in [0.5, 0.6) is 0 Å². The molecule has 0 aliphatic rings. The van der Waals surface area contributed by atoms with E-state index in [0.717, 1.165) is 26.1 Å². The Morgan fingerprint density at radius 1 is 1.29 bits per heavy atom. The number of amides is 1. The first-order chi connectivity index (χ1) is 10.2. The summed E-state index contributed by atoms with van der Waals surface area (Å²) in [6.45, 7) is 5.77. The molecule has 1 aromatic heterocycles. The van der Waals surface area contributed by atoms with Gasteiger partial charge in [-0.2, -0.15) is 0 Å². The summed E-state index contributed by atoms with van der Waals surface area (Å²) < 4.78 is 5.00. The number of methoxy groups -OCH3 is 1. The van der Waals surface area contributed by atoms with Crippen molar-refractivity contribution in [2.24, 2.45) is 0 Å². The summed E-state index contributed by atoms with van der Waals surface area (Å²) in [4.78, 5) is 22.2. The molecule has 0 saturated carbocycles. The van der Waals surface area contributed by atoms with Crippen LogP contribution in [0.3, 0.4) is 0 Å². The molecule has 0 aliphatic heterocycles. The summed E-state index contributed by atoms with van der Waals surface area (Å²) >= 11 is 0. The summed E-state index contributed by atoms with van der Waals surface area (Å²) in [5.41, 5.74) is 0.330. The molecule has 1 heterocycles. The molecule has 0 spiro atoms. The Kier molecular flexibility index (Phi) is 8.30. The normalized spacial score (nSPS) is 10.7. The van der Waals surface area contributed by atoms with E-state index in [-0.39, 0.29) is 5.91 Å². The molecule has 7 nitrogen and oxygen atoms in total. The lowest BCUT2D eigenvalue weighted by Gasteiger charge is -2.16. The molecule has 0 atom stereocenters. The van der Waals surface area contributed by atoms with E-state index in [0.29, 0.717) is 24.7 Å². The van der Waals surface area contributed by atoms with Crippen LogP contribution in [-0.2, 0) is 4.74 Å². The fraction of sp³-hybridized carbons (Fsp3) is 0.643. The zero-order valence-corrected chi connectivity index (χ0v) is 13.1. The molecule has 0 aromatic carbocycles. The number of carbonyl (C=O) groups excluding carboxylic acids is 1. The molecule has 21 heavy (non-hydrogen) atoms. The Balaban J connectivity index is 2.31. The van der Waals surface area contributed by atoms with Gasteiger partial charge in [0.2, 0.25) is 0 Å². The van der Waals surface area contributed by atoms with Crippen molar-refractivity contribution >= 4 is 11.7 Å². The predicted molar refractivity (Wildman–Crippen MR) is 82.5 cm³/mol. The van der Waals surface area contributed by atoms with Gasteiger partial charge in [0.15, 0.2) is 0 Å². The number of aromatic nitrogens is 2. The molecule has 0 bridgehead atoms. The molecule has 1 amide bonds. The SMILES string of the molecule is CCCNc1cnc(C(=O)NCCN(C)CCOC)cn1. The fourth-order valence-electron chi connectivity index (χ4n) is 1.60. The van der Waals surface area contributed by atoms with Crippen LogP contribution in [0.4, 0.5) is 5.82 Å². The first-order valence-corrected chi connectivity index (χ1v) is 7.19. The molecule has 2 N–H and O–H groups in total. The quantitative estimate of drug-likeness (QED) is 0.658. The van der Waals surface area contributed by atoms with Gasteiger partial charge < -0.3 is 20.3 Å². The van der Waals surface area contributed by atoms with E-state index in [1.165, 1.54) is 6.20 Å². The van der Waals surface area contributed by atoms with Crippen molar-refractivity contribution in [1.82, 2.24) is 20.2 Å². The van der Waals surface area contributed by atoms with Gasteiger partial charge in [0.1, 0.15) is 11.5 Å². The molecule has 0 aliphatic carbocycles. The van der Waals surface area contributed by atoms with E-state index in [2.05, 4.69) is 32.4 Å². The van der Waals surface area contributed by atoms with Crippen molar-refractivity contribution in [3.63, 3.8) is 0 Å². The number of nitrogens with zero attached hydrogens (tertiary/aromatic N) is 3. The van der Waals surface area contributed by atoms with Gasteiger partial charge in [-0.05, 0) is 13.5 Å². The van der Waals surface area contributed by atoms with Gasteiger partial charge in [-0.15, -0.1) is 0 Å². The minimum Gasteiger partial charge on any atom is -0.383 e. The maximum atomic E-state index is 11.9. The monoisotopic (exact) mass is 295 g/mol. The van der Waals surface area contributed by atoms with Gasteiger partial charge >= 0.3 is 0 Å². The van der Waals surface area contributed by atoms with Crippen molar-refractivity contribution in [1.29, 1.82) is 0 Å². The third-order valence-electron chi connectivity index (χ3n) is 2.90. The number of rotatable bonds is 10. The Morgan fingerprint density at radius 2 is 2.10 bits per heavy atom. The number of anilines is 1. The van der Waals surface area contributed by atoms with E-state index in [4.69, 9.17) is 4.74 Å². The molecule has 0 saturated heterocycles. The highest BCUT2D eigenvalue weighted by molar-refractivity contribution is 5.91. The summed E-state index contributed by atoms with van der Waals surface area (Å²) in [6, 6.07) is 0. The van der Waals surface area contributed by atoms with Gasteiger partial charge in [0, 0.05) is 33.3 Å². The van der Waals surface area contributed by atoms with Crippen LogP contribution in [0.25, 0.3) is 0 Å². The molecular formula is C14H25N5O2. The van der Waals surface area contributed by atoms with Gasteiger partial charge in [-0.25, -0.2) is 9.97 Å². The standard InChI is InChI=1S/C14H25N5O2/c1-4-5-15-13-11-17-12(10-18-13)14(20)16-6-7-19(2)8-9-21-3/h10-11H,4-9H2,1-3H3,(H,15,18)(H,16,20). The van der Waals surface area contributed by atoms with E-state index in [1.54, 1.807) is 13.3 Å². The number of likely N-dealkylation sites (N-methyl/N-ethyl adjacent to an activating group) is 1. The highest BCUT2D eigenvalue weighted by atomic mass is 16.5. The number of nitrogens with one attached hydrogen (secondary N) is 2.